The number of rotatable bonds is 6. The standard InChI is InChI=1S/C20H18F2N6O2/c1-11-4-12(6-15(5-11)25-20-23-3-2-16(26-20)18(21)22)14-8-24-28(10-14)9-13-7-17(29)27-19(13)30/h2-6,8,10,13,18H,7,9H2,1H3,(H,23,25,26)(H,27,29,30). The van der Waals surface area contributed by atoms with Crippen molar-refractivity contribution < 1.29 is 18.4 Å². The van der Waals surface area contributed by atoms with Crippen LogP contribution in [-0.4, -0.2) is 31.6 Å². The first-order chi connectivity index (χ1) is 14.4. The van der Waals surface area contributed by atoms with E-state index in [9.17, 15) is 18.4 Å². The van der Waals surface area contributed by atoms with E-state index < -0.39 is 12.3 Å². The van der Waals surface area contributed by atoms with Gasteiger partial charge < -0.3 is 5.32 Å². The number of hydrogen-bond acceptors (Lipinski definition) is 6. The lowest BCUT2D eigenvalue weighted by Crippen LogP contribution is -2.24. The van der Waals surface area contributed by atoms with Crippen molar-refractivity contribution in [2.75, 3.05) is 5.32 Å². The fourth-order valence-corrected chi connectivity index (χ4v) is 3.30. The van der Waals surface area contributed by atoms with E-state index in [1.165, 1.54) is 12.3 Å². The maximum absolute atomic E-state index is 12.9. The van der Waals surface area contributed by atoms with Gasteiger partial charge in [-0.1, -0.05) is 6.07 Å². The van der Waals surface area contributed by atoms with Crippen LogP contribution in [-0.2, 0) is 16.1 Å². The van der Waals surface area contributed by atoms with Gasteiger partial charge in [0.25, 0.3) is 6.43 Å². The summed E-state index contributed by atoms with van der Waals surface area (Å²) >= 11 is 0. The Bertz CT molecular complexity index is 1110. The summed E-state index contributed by atoms with van der Waals surface area (Å²) in [6.45, 7) is 2.22. The van der Waals surface area contributed by atoms with Gasteiger partial charge in [-0.05, 0) is 36.2 Å². The minimum Gasteiger partial charge on any atom is -0.324 e. The van der Waals surface area contributed by atoms with Crippen LogP contribution < -0.4 is 10.6 Å². The first kappa shape index (κ1) is 19.6. The maximum atomic E-state index is 12.9. The number of carbonyl (C=O) groups excluding carboxylic acids is 2. The summed E-state index contributed by atoms with van der Waals surface area (Å²) in [4.78, 5) is 30.9. The Morgan fingerprint density at radius 3 is 2.83 bits per heavy atom. The number of amides is 2. The molecule has 1 aliphatic heterocycles. The van der Waals surface area contributed by atoms with Crippen molar-refractivity contribution in [1.29, 1.82) is 0 Å². The van der Waals surface area contributed by atoms with E-state index in [4.69, 9.17) is 0 Å². The summed E-state index contributed by atoms with van der Waals surface area (Å²) in [6, 6.07) is 6.80. The second kappa shape index (κ2) is 7.97. The van der Waals surface area contributed by atoms with E-state index in [0.717, 1.165) is 16.7 Å². The smallest absolute Gasteiger partial charge is 0.280 e. The van der Waals surface area contributed by atoms with Gasteiger partial charge in [0.05, 0.1) is 18.7 Å². The van der Waals surface area contributed by atoms with Crippen LogP contribution in [0.15, 0.2) is 42.9 Å². The van der Waals surface area contributed by atoms with E-state index in [0.29, 0.717) is 12.2 Å². The number of carbonyl (C=O) groups is 2. The molecule has 0 radical (unpaired) electrons. The van der Waals surface area contributed by atoms with E-state index in [-0.39, 0.29) is 29.9 Å². The summed E-state index contributed by atoms with van der Waals surface area (Å²) in [5.41, 5.74) is 2.89. The van der Waals surface area contributed by atoms with Gasteiger partial charge in [0.2, 0.25) is 17.8 Å². The SMILES string of the molecule is Cc1cc(Nc2nccc(C(F)F)n2)cc(-c2cnn(CC3CC(=O)NC3=O)c2)c1. The monoisotopic (exact) mass is 412 g/mol. The number of alkyl halides is 2. The molecule has 8 nitrogen and oxygen atoms in total. The molecule has 4 rings (SSSR count). The van der Waals surface area contributed by atoms with Gasteiger partial charge in [-0.15, -0.1) is 0 Å². The average molecular weight is 412 g/mol. The number of benzene rings is 1. The lowest BCUT2D eigenvalue weighted by molar-refractivity contribution is -0.125. The van der Waals surface area contributed by atoms with Crippen LogP contribution in [0.1, 0.15) is 24.1 Å². The lowest BCUT2D eigenvalue weighted by Gasteiger charge is -2.09. The van der Waals surface area contributed by atoms with Crippen LogP contribution in [0.25, 0.3) is 11.1 Å². The summed E-state index contributed by atoms with van der Waals surface area (Å²) in [5, 5.41) is 9.53. The van der Waals surface area contributed by atoms with Gasteiger partial charge in [0.15, 0.2) is 0 Å². The Balaban J connectivity index is 1.54. The quantitative estimate of drug-likeness (QED) is 0.604. The molecular formula is C20H18F2N6O2. The van der Waals surface area contributed by atoms with Crippen molar-refractivity contribution in [3.05, 3.63) is 54.1 Å². The molecule has 1 aromatic carbocycles. The maximum Gasteiger partial charge on any atom is 0.280 e. The third-order valence-electron chi connectivity index (χ3n) is 4.67. The minimum atomic E-state index is -2.68. The van der Waals surface area contributed by atoms with Crippen molar-refractivity contribution in [2.24, 2.45) is 5.92 Å². The van der Waals surface area contributed by atoms with Crippen LogP contribution in [0.3, 0.4) is 0 Å². The molecule has 0 aliphatic carbocycles. The first-order valence-electron chi connectivity index (χ1n) is 9.24. The Labute approximate surface area is 170 Å². The summed E-state index contributed by atoms with van der Waals surface area (Å²) in [5.74, 6) is -0.911. The summed E-state index contributed by atoms with van der Waals surface area (Å²) in [6.07, 6.45) is 2.22. The molecule has 1 unspecified atom stereocenters. The Morgan fingerprint density at radius 2 is 2.10 bits per heavy atom. The Hall–Kier alpha value is -3.69. The largest absolute Gasteiger partial charge is 0.324 e. The highest BCUT2D eigenvalue weighted by Crippen LogP contribution is 2.27. The Morgan fingerprint density at radius 1 is 1.27 bits per heavy atom. The number of nitrogens with zero attached hydrogens (tertiary/aromatic N) is 4. The van der Waals surface area contributed by atoms with Gasteiger partial charge >= 0.3 is 0 Å². The van der Waals surface area contributed by atoms with Crippen molar-refractivity contribution in [1.82, 2.24) is 25.1 Å². The highest BCUT2D eigenvalue weighted by atomic mass is 19.3. The second-order valence-corrected chi connectivity index (χ2v) is 7.08. The highest BCUT2D eigenvalue weighted by molar-refractivity contribution is 6.03. The van der Waals surface area contributed by atoms with Gasteiger partial charge in [-0.3, -0.25) is 19.6 Å². The molecule has 0 spiro atoms. The number of imide groups is 1. The number of hydrogen-bond donors (Lipinski definition) is 2. The predicted molar refractivity (Wildman–Crippen MR) is 104 cm³/mol. The number of aryl methyl sites for hydroxylation is 1. The molecule has 10 heteroatoms. The molecule has 2 amide bonds. The van der Waals surface area contributed by atoms with Gasteiger partial charge in [0.1, 0.15) is 5.69 Å². The molecule has 2 N–H and O–H groups in total. The molecule has 0 saturated carbocycles. The third kappa shape index (κ3) is 4.32. The van der Waals surface area contributed by atoms with Crippen LogP contribution >= 0.6 is 0 Å². The molecule has 0 bridgehead atoms. The molecular weight excluding hydrogens is 394 g/mol. The van der Waals surface area contributed by atoms with Crippen LogP contribution in [0.2, 0.25) is 0 Å². The van der Waals surface area contributed by atoms with E-state index in [1.807, 2.05) is 25.1 Å². The minimum absolute atomic E-state index is 0.0805. The average Bonchev–Trinajstić information content (AvgIpc) is 3.28. The second-order valence-electron chi connectivity index (χ2n) is 7.08. The van der Waals surface area contributed by atoms with E-state index in [2.05, 4.69) is 25.7 Å². The first-order valence-corrected chi connectivity index (χ1v) is 9.24. The summed E-state index contributed by atoms with van der Waals surface area (Å²) in [7, 11) is 0. The van der Waals surface area contributed by atoms with E-state index in [1.54, 1.807) is 17.1 Å². The number of anilines is 2. The van der Waals surface area contributed by atoms with Crippen LogP contribution in [0, 0.1) is 12.8 Å². The van der Waals surface area contributed by atoms with Crippen molar-refractivity contribution in [3.8, 4) is 11.1 Å². The number of aromatic nitrogens is 4. The Kier molecular flexibility index (Phi) is 5.21. The normalized spacial score (nSPS) is 16.2. The molecule has 2 aromatic heterocycles. The molecule has 1 saturated heterocycles. The van der Waals surface area contributed by atoms with Gasteiger partial charge in [-0.25, -0.2) is 18.7 Å². The van der Waals surface area contributed by atoms with Crippen LogP contribution in [0.5, 0.6) is 0 Å². The van der Waals surface area contributed by atoms with Crippen LogP contribution in [0.4, 0.5) is 20.4 Å². The zero-order valence-electron chi connectivity index (χ0n) is 16.0. The van der Waals surface area contributed by atoms with Gasteiger partial charge in [-0.2, -0.15) is 5.10 Å². The molecule has 1 fully saturated rings. The molecule has 3 aromatic rings. The van der Waals surface area contributed by atoms with Crippen molar-refractivity contribution in [2.45, 2.75) is 26.3 Å². The fourth-order valence-electron chi connectivity index (χ4n) is 3.30. The van der Waals surface area contributed by atoms with Gasteiger partial charge in [0, 0.05) is 30.1 Å². The molecule has 1 aliphatic rings. The third-order valence-corrected chi connectivity index (χ3v) is 4.67. The topological polar surface area (TPSA) is 102 Å². The number of halogens is 2. The molecule has 30 heavy (non-hydrogen) atoms. The summed E-state index contributed by atoms with van der Waals surface area (Å²) < 4.78 is 27.3. The highest BCUT2D eigenvalue weighted by Gasteiger charge is 2.30. The molecule has 154 valence electrons. The van der Waals surface area contributed by atoms with Crippen molar-refractivity contribution in [3.63, 3.8) is 0 Å². The van der Waals surface area contributed by atoms with Crippen molar-refractivity contribution >= 4 is 23.5 Å². The zero-order valence-corrected chi connectivity index (χ0v) is 16.0. The zero-order chi connectivity index (χ0) is 21.3. The lowest BCUT2D eigenvalue weighted by atomic mass is 10.1. The predicted octanol–water partition coefficient (Wildman–Crippen LogP) is 2.99. The number of nitrogens with one attached hydrogen (secondary N) is 2. The molecule has 1 atom stereocenters. The van der Waals surface area contributed by atoms with E-state index >= 15 is 0 Å². The fraction of sp³-hybridized carbons (Fsp3) is 0.250. The molecule has 3 heterocycles.